The van der Waals surface area contributed by atoms with Gasteiger partial charge in [-0.3, -0.25) is 9.48 Å². The van der Waals surface area contributed by atoms with Gasteiger partial charge in [0.05, 0.1) is 22.9 Å². The number of hydrogen-bond donors (Lipinski definition) is 1. The second-order valence-corrected chi connectivity index (χ2v) is 7.86. The van der Waals surface area contributed by atoms with E-state index < -0.39 is 5.97 Å². The van der Waals surface area contributed by atoms with E-state index >= 15 is 0 Å². The number of esters is 1. The fourth-order valence-corrected chi connectivity index (χ4v) is 3.51. The van der Waals surface area contributed by atoms with Crippen LogP contribution in [-0.2, 0) is 27.4 Å². The van der Waals surface area contributed by atoms with Crippen LogP contribution in [0.1, 0.15) is 33.2 Å². The lowest BCUT2D eigenvalue weighted by atomic mass is 10.2. The lowest BCUT2D eigenvalue weighted by Gasteiger charge is -2.07. The highest BCUT2D eigenvalue weighted by Crippen LogP contribution is 2.14. The van der Waals surface area contributed by atoms with Crippen LogP contribution in [0.2, 0.25) is 0 Å². The maximum atomic E-state index is 12.1. The molecular weight excluding hydrogens is 400 g/mol. The van der Waals surface area contributed by atoms with E-state index in [1.165, 1.54) is 17.4 Å². The summed E-state index contributed by atoms with van der Waals surface area (Å²) < 4.78 is 6.91. The van der Waals surface area contributed by atoms with Crippen molar-refractivity contribution in [2.24, 2.45) is 0 Å². The molecule has 1 amide bonds. The Balaban J connectivity index is 1.48. The minimum atomic E-state index is -0.584. The van der Waals surface area contributed by atoms with Crippen LogP contribution in [-0.4, -0.2) is 33.2 Å². The molecule has 1 aromatic carbocycles. The van der Waals surface area contributed by atoms with Crippen LogP contribution in [0, 0.1) is 20.8 Å². The Kier molecular flexibility index (Phi) is 7.13. The van der Waals surface area contributed by atoms with Gasteiger partial charge in [-0.15, -0.1) is 11.3 Å². The first-order valence-electron chi connectivity index (χ1n) is 9.53. The molecule has 30 heavy (non-hydrogen) atoms. The highest BCUT2D eigenvalue weighted by molar-refractivity contribution is 7.09. The molecule has 0 aliphatic carbocycles. The molecule has 0 spiro atoms. The van der Waals surface area contributed by atoms with E-state index in [4.69, 9.17) is 4.74 Å². The van der Waals surface area contributed by atoms with E-state index in [-0.39, 0.29) is 12.5 Å². The Morgan fingerprint density at radius 2 is 1.97 bits per heavy atom. The summed E-state index contributed by atoms with van der Waals surface area (Å²) in [5.41, 5.74) is 4.67. The molecule has 2 aromatic heterocycles. The van der Waals surface area contributed by atoms with Crippen molar-refractivity contribution in [1.82, 2.24) is 20.1 Å². The Labute approximate surface area is 179 Å². The molecule has 0 fully saturated rings. The third-order valence-corrected chi connectivity index (χ3v) is 5.33. The van der Waals surface area contributed by atoms with Crippen molar-refractivity contribution in [3.63, 3.8) is 0 Å². The molecule has 3 aromatic rings. The molecule has 2 heterocycles. The lowest BCUT2D eigenvalue weighted by molar-refractivity contribution is -0.143. The third kappa shape index (κ3) is 5.87. The molecule has 7 nitrogen and oxygen atoms in total. The fourth-order valence-electron chi connectivity index (χ4n) is 2.93. The smallest absolute Gasteiger partial charge is 0.331 e. The standard InChI is InChI=1S/C22H24N4O3S/c1-15-20(16(2)26(25-15)12-18-7-5-4-6-8-18)11-23-21(27)13-29-22(28)10-9-19-14-30-17(3)24-19/h4-10,14H,11-13H2,1-3H3,(H,23,27)/b10-9+. The summed E-state index contributed by atoms with van der Waals surface area (Å²) >= 11 is 1.50. The number of thiazole rings is 1. The average molecular weight is 425 g/mol. The third-order valence-electron chi connectivity index (χ3n) is 4.54. The van der Waals surface area contributed by atoms with E-state index in [0.29, 0.717) is 18.8 Å². The van der Waals surface area contributed by atoms with Gasteiger partial charge in [0, 0.05) is 29.3 Å². The second kappa shape index (κ2) is 9.98. The summed E-state index contributed by atoms with van der Waals surface area (Å²) in [5.74, 6) is -0.949. The van der Waals surface area contributed by atoms with Gasteiger partial charge in [0.25, 0.3) is 5.91 Å². The Hall–Kier alpha value is -3.26. The van der Waals surface area contributed by atoms with E-state index in [1.807, 2.05) is 49.0 Å². The zero-order chi connectivity index (χ0) is 21.5. The summed E-state index contributed by atoms with van der Waals surface area (Å²) in [5, 5.41) is 10.1. The Bertz CT molecular complexity index is 1050. The number of rotatable bonds is 8. The first kappa shape index (κ1) is 21.4. The van der Waals surface area contributed by atoms with Crippen LogP contribution in [0.25, 0.3) is 6.08 Å². The molecule has 0 bridgehead atoms. The van der Waals surface area contributed by atoms with Crippen molar-refractivity contribution in [3.05, 3.63) is 75.0 Å². The maximum absolute atomic E-state index is 12.1. The van der Waals surface area contributed by atoms with Crippen LogP contribution in [0.4, 0.5) is 0 Å². The topological polar surface area (TPSA) is 86.1 Å². The highest BCUT2D eigenvalue weighted by Gasteiger charge is 2.13. The molecule has 0 saturated heterocycles. The van der Waals surface area contributed by atoms with Gasteiger partial charge >= 0.3 is 5.97 Å². The number of hydrogen-bond acceptors (Lipinski definition) is 6. The van der Waals surface area contributed by atoms with Crippen molar-refractivity contribution < 1.29 is 14.3 Å². The van der Waals surface area contributed by atoms with E-state index in [0.717, 1.165) is 27.5 Å². The van der Waals surface area contributed by atoms with Crippen LogP contribution < -0.4 is 5.32 Å². The minimum absolute atomic E-state index is 0.330. The maximum Gasteiger partial charge on any atom is 0.331 e. The zero-order valence-electron chi connectivity index (χ0n) is 17.2. The molecular formula is C22H24N4O3S. The SMILES string of the molecule is Cc1nc(/C=C/C(=O)OCC(=O)NCc2c(C)nn(Cc3ccccc3)c2C)cs1. The normalized spacial score (nSPS) is 11.0. The summed E-state index contributed by atoms with van der Waals surface area (Å²) in [6, 6.07) is 10.1. The largest absolute Gasteiger partial charge is 0.452 e. The molecule has 8 heteroatoms. The van der Waals surface area contributed by atoms with Crippen LogP contribution in [0.5, 0.6) is 0 Å². The van der Waals surface area contributed by atoms with Crippen LogP contribution >= 0.6 is 11.3 Å². The predicted molar refractivity (Wildman–Crippen MR) is 116 cm³/mol. The average Bonchev–Trinajstić information content (AvgIpc) is 3.26. The summed E-state index contributed by atoms with van der Waals surface area (Å²) in [6.07, 6.45) is 2.83. The molecule has 1 N–H and O–H groups in total. The summed E-state index contributed by atoms with van der Waals surface area (Å²) in [6.45, 7) is 6.45. The number of amides is 1. The predicted octanol–water partition coefficient (Wildman–Crippen LogP) is 3.19. The van der Waals surface area contributed by atoms with Gasteiger partial charge in [0.2, 0.25) is 0 Å². The molecule has 0 saturated carbocycles. The molecule has 0 unspecified atom stereocenters. The Morgan fingerprint density at radius 3 is 2.67 bits per heavy atom. The molecule has 156 valence electrons. The molecule has 3 rings (SSSR count). The number of aromatic nitrogens is 3. The van der Waals surface area contributed by atoms with Gasteiger partial charge in [0.1, 0.15) is 0 Å². The van der Waals surface area contributed by atoms with Gasteiger partial charge in [0.15, 0.2) is 6.61 Å². The number of nitrogens with one attached hydrogen (secondary N) is 1. The minimum Gasteiger partial charge on any atom is -0.452 e. The van der Waals surface area contributed by atoms with Gasteiger partial charge < -0.3 is 10.1 Å². The number of nitrogens with zero attached hydrogens (tertiary/aromatic N) is 3. The number of aryl methyl sites for hydroxylation is 2. The van der Waals surface area contributed by atoms with Gasteiger partial charge in [-0.05, 0) is 32.4 Å². The molecule has 0 radical (unpaired) electrons. The quantitative estimate of drug-likeness (QED) is 0.443. The van der Waals surface area contributed by atoms with Crippen molar-refractivity contribution >= 4 is 29.3 Å². The molecule has 0 atom stereocenters. The number of benzene rings is 1. The van der Waals surface area contributed by atoms with Crippen molar-refractivity contribution in [3.8, 4) is 0 Å². The fraction of sp³-hybridized carbons (Fsp3) is 0.273. The van der Waals surface area contributed by atoms with Crippen molar-refractivity contribution in [2.45, 2.75) is 33.9 Å². The highest BCUT2D eigenvalue weighted by atomic mass is 32.1. The molecule has 0 aliphatic heterocycles. The first-order valence-corrected chi connectivity index (χ1v) is 10.4. The van der Waals surface area contributed by atoms with Crippen LogP contribution in [0.3, 0.4) is 0 Å². The number of ether oxygens (including phenoxy) is 1. The Morgan fingerprint density at radius 1 is 1.20 bits per heavy atom. The van der Waals surface area contributed by atoms with Crippen molar-refractivity contribution in [2.75, 3.05) is 6.61 Å². The van der Waals surface area contributed by atoms with Gasteiger partial charge in [-0.1, -0.05) is 30.3 Å². The lowest BCUT2D eigenvalue weighted by Crippen LogP contribution is -2.28. The van der Waals surface area contributed by atoms with Crippen LogP contribution in [0.15, 0.2) is 41.8 Å². The van der Waals surface area contributed by atoms with E-state index in [2.05, 4.69) is 27.5 Å². The first-order chi connectivity index (χ1) is 14.4. The van der Waals surface area contributed by atoms with Crippen molar-refractivity contribution in [1.29, 1.82) is 0 Å². The number of carbonyl (C=O) groups excluding carboxylic acids is 2. The molecule has 0 aliphatic rings. The monoisotopic (exact) mass is 424 g/mol. The van der Waals surface area contributed by atoms with Gasteiger partial charge in [-0.25, -0.2) is 9.78 Å². The zero-order valence-corrected chi connectivity index (χ0v) is 18.0. The van der Waals surface area contributed by atoms with E-state index in [1.54, 1.807) is 6.08 Å². The van der Waals surface area contributed by atoms with Gasteiger partial charge in [-0.2, -0.15) is 5.10 Å². The number of carbonyl (C=O) groups is 2. The summed E-state index contributed by atoms with van der Waals surface area (Å²) in [7, 11) is 0. The van der Waals surface area contributed by atoms with E-state index in [9.17, 15) is 9.59 Å². The second-order valence-electron chi connectivity index (χ2n) is 6.80. The summed E-state index contributed by atoms with van der Waals surface area (Å²) in [4.78, 5) is 28.1.